The second kappa shape index (κ2) is 7.53. The predicted octanol–water partition coefficient (Wildman–Crippen LogP) is 2.54. The molecule has 2 amide bonds. The molecule has 1 saturated heterocycles. The molecular weight excluding hydrogens is 326 g/mol. The molecule has 3 rings (SSSR count). The maximum Gasteiger partial charge on any atom is 0.255 e. The largest absolute Gasteiger partial charge is 0.398 e. The zero-order chi connectivity index (χ0) is 16.4. The van der Waals surface area contributed by atoms with Gasteiger partial charge in [0.25, 0.3) is 5.91 Å². The third kappa shape index (κ3) is 3.62. The van der Waals surface area contributed by atoms with Crippen LogP contribution in [0, 0.1) is 0 Å². The number of carbonyl (C=O) groups is 2. The smallest absolute Gasteiger partial charge is 0.255 e. The molecule has 0 saturated carbocycles. The standard InChI is InChI=1S/C18H21N3O2.ClH/c1-20(9-10-21-8-4-7-17(21)22)18(23)15-11-13-5-2-3-6-14(13)12-16(15)19;/h2-3,5-6,11-12H,4,7-10,19H2,1H3;1H. The highest BCUT2D eigenvalue weighted by atomic mass is 35.5. The van der Waals surface area contributed by atoms with E-state index in [1.807, 2.05) is 41.3 Å². The maximum absolute atomic E-state index is 12.6. The summed E-state index contributed by atoms with van der Waals surface area (Å²) in [6.07, 6.45) is 1.53. The Balaban J connectivity index is 0.00000208. The van der Waals surface area contributed by atoms with Gasteiger partial charge in [0.2, 0.25) is 5.91 Å². The van der Waals surface area contributed by atoms with Gasteiger partial charge in [-0.2, -0.15) is 0 Å². The van der Waals surface area contributed by atoms with Crippen molar-refractivity contribution in [2.24, 2.45) is 0 Å². The summed E-state index contributed by atoms with van der Waals surface area (Å²) >= 11 is 0. The molecule has 6 heteroatoms. The number of benzene rings is 2. The van der Waals surface area contributed by atoms with E-state index in [-0.39, 0.29) is 24.2 Å². The number of likely N-dealkylation sites (N-methyl/N-ethyl adjacent to an activating group) is 1. The minimum atomic E-state index is -0.111. The number of nitrogen functional groups attached to an aromatic ring is 1. The number of anilines is 1. The number of likely N-dealkylation sites (tertiary alicyclic amines) is 1. The molecule has 0 aliphatic carbocycles. The summed E-state index contributed by atoms with van der Waals surface area (Å²) in [6, 6.07) is 11.5. The van der Waals surface area contributed by atoms with Gasteiger partial charge < -0.3 is 15.5 Å². The first kappa shape index (κ1) is 18.1. The number of nitrogens with zero attached hydrogens (tertiary/aromatic N) is 2. The average molecular weight is 348 g/mol. The van der Waals surface area contributed by atoms with E-state index >= 15 is 0 Å². The Bertz CT molecular complexity index is 763. The summed E-state index contributed by atoms with van der Waals surface area (Å²) in [4.78, 5) is 27.7. The number of rotatable bonds is 4. The third-order valence-corrected chi connectivity index (χ3v) is 4.37. The Kier molecular flexibility index (Phi) is 5.67. The Morgan fingerprint density at radius 1 is 1.25 bits per heavy atom. The second-order valence-electron chi connectivity index (χ2n) is 6.00. The van der Waals surface area contributed by atoms with E-state index in [9.17, 15) is 9.59 Å². The Morgan fingerprint density at radius 3 is 2.54 bits per heavy atom. The van der Waals surface area contributed by atoms with Crippen molar-refractivity contribution in [3.8, 4) is 0 Å². The lowest BCUT2D eigenvalue weighted by molar-refractivity contribution is -0.127. The van der Waals surface area contributed by atoms with Crippen LogP contribution in [-0.2, 0) is 4.79 Å². The number of hydrogen-bond acceptors (Lipinski definition) is 3. The highest BCUT2D eigenvalue weighted by molar-refractivity contribution is 6.03. The van der Waals surface area contributed by atoms with Gasteiger partial charge in [0.1, 0.15) is 0 Å². The fourth-order valence-electron chi connectivity index (χ4n) is 2.96. The van der Waals surface area contributed by atoms with E-state index < -0.39 is 0 Å². The van der Waals surface area contributed by atoms with E-state index in [0.717, 1.165) is 23.7 Å². The van der Waals surface area contributed by atoms with Crippen LogP contribution in [0.5, 0.6) is 0 Å². The lowest BCUT2D eigenvalue weighted by Gasteiger charge is -2.22. The van der Waals surface area contributed by atoms with Gasteiger partial charge in [0, 0.05) is 38.8 Å². The van der Waals surface area contributed by atoms with Crippen LogP contribution in [0.1, 0.15) is 23.2 Å². The average Bonchev–Trinajstić information content (AvgIpc) is 2.96. The molecule has 5 nitrogen and oxygen atoms in total. The van der Waals surface area contributed by atoms with Gasteiger partial charge in [0.15, 0.2) is 0 Å². The predicted molar refractivity (Wildman–Crippen MR) is 98.4 cm³/mol. The lowest BCUT2D eigenvalue weighted by Crippen LogP contribution is -2.37. The van der Waals surface area contributed by atoms with Crippen molar-refractivity contribution in [1.82, 2.24) is 9.80 Å². The quantitative estimate of drug-likeness (QED) is 0.864. The molecule has 1 fully saturated rings. The summed E-state index contributed by atoms with van der Waals surface area (Å²) in [5.41, 5.74) is 7.05. The van der Waals surface area contributed by atoms with Crippen LogP contribution in [0.3, 0.4) is 0 Å². The number of nitrogens with two attached hydrogens (primary N) is 1. The highest BCUT2D eigenvalue weighted by Crippen LogP contribution is 2.23. The van der Waals surface area contributed by atoms with Gasteiger partial charge in [-0.05, 0) is 29.3 Å². The summed E-state index contributed by atoms with van der Waals surface area (Å²) < 4.78 is 0. The minimum Gasteiger partial charge on any atom is -0.398 e. The SMILES string of the molecule is CN(CCN1CCCC1=O)C(=O)c1cc2ccccc2cc1N.Cl. The van der Waals surface area contributed by atoms with Crippen LogP contribution in [0.15, 0.2) is 36.4 Å². The molecule has 0 bridgehead atoms. The number of halogens is 1. The van der Waals surface area contributed by atoms with Gasteiger partial charge in [-0.3, -0.25) is 9.59 Å². The van der Waals surface area contributed by atoms with Crippen LogP contribution in [0.2, 0.25) is 0 Å². The number of hydrogen-bond donors (Lipinski definition) is 1. The molecule has 0 unspecified atom stereocenters. The fraction of sp³-hybridized carbons (Fsp3) is 0.333. The molecule has 1 heterocycles. The van der Waals surface area contributed by atoms with Crippen LogP contribution >= 0.6 is 12.4 Å². The number of fused-ring (bicyclic) bond motifs is 1. The van der Waals surface area contributed by atoms with Crippen molar-refractivity contribution >= 4 is 40.7 Å². The Morgan fingerprint density at radius 2 is 1.92 bits per heavy atom. The van der Waals surface area contributed by atoms with Crippen molar-refractivity contribution < 1.29 is 9.59 Å². The zero-order valence-corrected chi connectivity index (χ0v) is 14.5. The van der Waals surface area contributed by atoms with Gasteiger partial charge in [-0.25, -0.2) is 0 Å². The lowest BCUT2D eigenvalue weighted by atomic mass is 10.0. The Hall–Kier alpha value is -2.27. The van der Waals surface area contributed by atoms with Gasteiger partial charge in [0.05, 0.1) is 5.56 Å². The molecule has 2 aromatic carbocycles. The fourth-order valence-corrected chi connectivity index (χ4v) is 2.96. The van der Waals surface area contributed by atoms with E-state index in [4.69, 9.17) is 5.73 Å². The normalized spacial score (nSPS) is 13.9. The van der Waals surface area contributed by atoms with Gasteiger partial charge >= 0.3 is 0 Å². The first-order valence-corrected chi connectivity index (χ1v) is 7.88. The summed E-state index contributed by atoms with van der Waals surface area (Å²) in [5, 5.41) is 2.01. The molecule has 0 atom stereocenters. The van der Waals surface area contributed by atoms with E-state index in [0.29, 0.717) is 30.8 Å². The van der Waals surface area contributed by atoms with Crippen molar-refractivity contribution in [2.45, 2.75) is 12.8 Å². The van der Waals surface area contributed by atoms with Crippen molar-refractivity contribution in [2.75, 3.05) is 32.4 Å². The van der Waals surface area contributed by atoms with Crippen LogP contribution in [0.4, 0.5) is 5.69 Å². The van der Waals surface area contributed by atoms with Crippen molar-refractivity contribution in [3.63, 3.8) is 0 Å². The molecule has 1 aliphatic rings. The molecule has 0 aromatic heterocycles. The summed E-state index contributed by atoms with van der Waals surface area (Å²) in [5.74, 6) is 0.0657. The third-order valence-electron chi connectivity index (χ3n) is 4.37. The molecule has 2 aromatic rings. The minimum absolute atomic E-state index is 0. The summed E-state index contributed by atoms with van der Waals surface area (Å²) in [7, 11) is 1.75. The van der Waals surface area contributed by atoms with Crippen LogP contribution < -0.4 is 5.73 Å². The van der Waals surface area contributed by atoms with E-state index in [2.05, 4.69) is 0 Å². The Labute approximate surface area is 147 Å². The monoisotopic (exact) mass is 347 g/mol. The molecular formula is C18H22ClN3O2. The van der Waals surface area contributed by atoms with Crippen LogP contribution in [-0.4, -0.2) is 48.3 Å². The van der Waals surface area contributed by atoms with Crippen LogP contribution in [0.25, 0.3) is 10.8 Å². The molecule has 2 N–H and O–H groups in total. The highest BCUT2D eigenvalue weighted by Gasteiger charge is 2.21. The molecule has 0 radical (unpaired) electrons. The molecule has 0 spiro atoms. The van der Waals surface area contributed by atoms with Crippen molar-refractivity contribution in [3.05, 3.63) is 42.0 Å². The molecule has 24 heavy (non-hydrogen) atoms. The molecule has 128 valence electrons. The number of carbonyl (C=O) groups excluding carboxylic acids is 2. The first-order chi connectivity index (χ1) is 11.1. The first-order valence-electron chi connectivity index (χ1n) is 7.88. The van der Waals surface area contributed by atoms with Crippen molar-refractivity contribution in [1.29, 1.82) is 0 Å². The maximum atomic E-state index is 12.6. The van der Waals surface area contributed by atoms with Gasteiger partial charge in [-0.1, -0.05) is 24.3 Å². The zero-order valence-electron chi connectivity index (χ0n) is 13.7. The summed E-state index contributed by atoms with van der Waals surface area (Å²) in [6.45, 7) is 1.88. The van der Waals surface area contributed by atoms with E-state index in [1.165, 1.54) is 0 Å². The second-order valence-corrected chi connectivity index (χ2v) is 6.00. The van der Waals surface area contributed by atoms with E-state index in [1.54, 1.807) is 11.9 Å². The molecule has 1 aliphatic heterocycles. The number of amides is 2. The van der Waals surface area contributed by atoms with Gasteiger partial charge in [-0.15, -0.1) is 12.4 Å². The topological polar surface area (TPSA) is 66.6 Å².